The number of aliphatic hydroxyl groups is 1. The molecule has 2 saturated heterocycles. The predicted molar refractivity (Wildman–Crippen MR) is 307 cm³/mol. The highest BCUT2D eigenvalue weighted by atomic mass is 16.5. The van der Waals surface area contributed by atoms with E-state index in [1.54, 1.807) is 81.4 Å². The zero-order valence-corrected chi connectivity index (χ0v) is 50.1. The number of esters is 2. The van der Waals surface area contributed by atoms with Gasteiger partial charge in [0.15, 0.2) is 18.1 Å². The lowest BCUT2D eigenvalue weighted by Gasteiger charge is -2.37. The SMILES string of the molecule is COc1ccc(CC[C@H]2OC(=O)[C@@H]3CCCCN3C(=O)C(=O)C(C)(C)COC(=O)C=CCCN(C)C(=O)[C@@H]3CC(O)CN3C(=O)[C@H](COC(C)(C)C)N(C)C(=O)C(c3ccccc3)NC(=O)[C@H](C)N(C)C(=O)COc3cccc2c3)cc1OC. The Bertz CT molecular complexity index is 2890. The third kappa shape index (κ3) is 16.9. The molecule has 22 nitrogen and oxygen atoms in total. The normalized spacial score (nSPS) is 24.5. The van der Waals surface area contributed by atoms with Crippen molar-refractivity contribution in [2.45, 2.75) is 135 Å². The molecule has 3 aromatic rings. The fourth-order valence-electron chi connectivity index (χ4n) is 10.0. The van der Waals surface area contributed by atoms with Crippen LogP contribution in [0.4, 0.5) is 0 Å². The molecular weight excluding hydrogens is 1080 g/mol. The fourth-order valence-corrected chi connectivity index (χ4v) is 10.0. The summed E-state index contributed by atoms with van der Waals surface area (Å²) in [4.78, 5) is 134. The van der Waals surface area contributed by atoms with Crippen molar-refractivity contribution in [3.63, 3.8) is 0 Å². The highest BCUT2D eigenvalue weighted by Gasteiger charge is 2.46. The number of fused-ring (bicyclic) bond motifs is 4. The van der Waals surface area contributed by atoms with Crippen molar-refractivity contribution in [2.75, 3.05) is 74.8 Å². The summed E-state index contributed by atoms with van der Waals surface area (Å²) in [5.74, 6) is -5.40. The molecule has 0 saturated carbocycles. The first-order chi connectivity index (χ1) is 39.7. The molecule has 2 N–H and O–H groups in total. The highest BCUT2D eigenvalue weighted by Crippen LogP contribution is 2.33. The molecule has 3 aromatic carbocycles. The second kappa shape index (κ2) is 29.1. The third-order valence-electron chi connectivity index (χ3n) is 15.3. The highest BCUT2D eigenvalue weighted by molar-refractivity contribution is 6.38. The van der Waals surface area contributed by atoms with E-state index in [-0.39, 0.29) is 57.7 Å². The Morgan fingerprint density at radius 1 is 0.762 bits per heavy atom. The molecule has 84 heavy (non-hydrogen) atoms. The molecule has 456 valence electrons. The summed E-state index contributed by atoms with van der Waals surface area (Å²) in [6.07, 6.45) is 2.52. The van der Waals surface area contributed by atoms with Gasteiger partial charge in [-0.1, -0.05) is 54.6 Å². The minimum absolute atomic E-state index is 0.0693. The average Bonchev–Trinajstić information content (AvgIpc) is 3.41. The largest absolute Gasteiger partial charge is 0.493 e. The number of carbonyl (C=O) groups excluding carboxylic acids is 9. The number of aliphatic hydroxyl groups excluding tert-OH is 1. The first-order valence-electron chi connectivity index (χ1n) is 28.3. The van der Waals surface area contributed by atoms with Crippen molar-refractivity contribution < 1.29 is 76.7 Å². The minimum atomic E-state index is -1.52. The van der Waals surface area contributed by atoms with Crippen LogP contribution in [0.1, 0.15) is 109 Å². The quantitative estimate of drug-likeness (QED) is 0.232. The number of hydrogen-bond acceptors (Lipinski definition) is 16. The van der Waals surface area contributed by atoms with Crippen molar-refractivity contribution in [1.29, 1.82) is 0 Å². The van der Waals surface area contributed by atoms with E-state index in [4.69, 9.17) is 28.4 Å². The summed E-state index contributed by atoms with van der Waals surface area (Å²) in [5.41, 5.74) is -0.631. The maximum absolute atomic E-state index is 14.9. The second-order valence-electron chi connectivity index (χ2n) is 23.1. The predicted octanol–water partition coefficient (Wildman–Crippen LogP) is 4.55. The molecule has 3 aliphatic heterocycles. The van der Waals surface area contributed by atoms with Crippen molar-refractivity contribution >= 4 is 53.2 Å². The smallest absolute Gasteiger partial charge is 0.330 e. The van der Waals surface area contributed by atoms with Gasteiger partial charge in [-0.05, 0) is 121 Å². The maximum Gasteiger partial charge on any atom is 0.330 e. The van der Waals surface area contributed by atoms with E-state index in [9.17, 15) is 48.3 Å². The summed E-state index contributed by atoms with van der Waals surface area (Å²) >= 11 is 0. The topological polar surface area (TPSA) is 257 Å². The molecule has 6 amide bonds. The number of methoxy groups -OCH3 is 2. The van der Waals surface area contributed by atoms with Gasteiger partial charge in [-0.2, -0.15) is 0 Å². The third-order valence-corrected chi connectivity index (χ3v) is 15.3. The number of benzene rings is 3. The van der Waals surface area contributed by atoms with Gasteiger partial charge in [0, 0.05) is 53.3 Å². The van der Waals surface area contributed by atoms with Crippen LogP contribution in [0.25, 0.3) is 0 Å². The van der Waals surface area contributed by atoms with Crippen molar-refractivity contribution in [2.24, 2.45) is 5.41 Å². The number of ketones is 1. The Labute approximate surface area is 491 Å². The number of rotatable bonds is 8. The van der Waals surface area contributed by atoms with E-state index in [2.05, 4.69) is 5.32 Å². The van der Waals surface area contributed by atoms with Crippen LogP contribution in [0.5, 0.6) is 17.2 Å². The number of amides is 6. The number of Topliss-reactive ketones (excluding diaryl/α,β-unsaturated/α-hetero) is 1. The number of likely N-dealkylation sites (N-methyl/N-ethyl adjacent to an activating group) is 3. The summed E-state index contributed by atoms with van der Waals surface area (Å²) in [6.45, 7) is 8.31. The van der Waals surface area contributed by atoms with Crippen LogP contribution >= 0.6 is 0 Å². The van der Waals surface area contributed by atoms with Crippen LogP contribution in [0.3, 0.4) is 0 Å². The van der Waals surface area contributed by atoms with E-state index < -0.39 is 120 Å². The standard InChI is InChI=1S/C62H82N6O16/c1-39-55(73)63-53(41-20-13-12-14-21-41)58(76)66(9)47(36-83-61(2,3)4)57(75)68-35-43(69)34-46(68)56(74)64(7)30-17-16-25-52(71)82-38-62(5,6)54(72)59(77)67-31-18-15-24-45(67)60(78)84-48(28-26-40-27-29-49(79-10)50(32-40)80-11)42-22-19-23-44(33-42)81-37-51(70)65(39)8/h12-14,16,19-23,25,27,29,32-33,39,43,45-48,53,69H,15,17-18,24,26,28,30-31,34-38H2,1-11H3,(H,63,73)/t39-,43?,45-,46-,47-,48+,53?/m0/s1. The summed E-state index contributed by atoms with van der Waals surface area (Å²) in [7, 11) is 7.35. The lowest BCUT2D eigenvalue weighted by molar-refractivity contribution is -0.165. The van der Waals surface area contributed by atoms with E-state index >= 15 is 0 Å². The number of nitrogens with zero attached hydrogens (tertiary/aromatic N) is 5. The molecular formula is C62H82N6O16. The first-order valence-corrected chi connectivity index (χ1v) is 28.3. The molecule has 3 heterocycles. The van der Waals surface area contributed by atoms with Gasteiger partial charge < -0.3 is 63.3 Å². The van der Waals surface area contributed by atoms with E-state index in [1.165, 1.54) is 76.9 Å². The van der Waals surface area contributed by atoms with E-state index in [0.717, 1.165) is 21.4 Å². The van der Waals surface area contributed by atoms with E-state index in [0.29, 0.717) is 41.9 Å². The van der Waals surface area contributed by atoms with Gasteiger partial charge in [0.25, 0.3) is 11.8 Å². The molecule has 3 aliphatic rings. The zero-order chi connectivity index (χ0) is 61.6. The van der Waals surface area contributed by atoms with Crippen LogP contribution in [0.2, 0.25) is 0 Å². The van der Waals surface area contributed by atoms with Crippen LogP contribution < -0.4 is 19.5 Å². The second-order valence-corrected chi connectivity index (χ2v) is 23.1. The number of ether oxygens (including phenoxy) is 6. The van der Waals surface area contributed by atoms with Crippen LogP contribution in [-0.4, -0.2) is 193 Å². The number of aryl methyl sites for hydroxylation is 1. The Hall–Kier alpha value is -7.85. The molecule has 22 heteroatoms. The number of carbonyl (C=O) groups is 9. The molecule has 7 atom stereocenters. The van der Waals surface area contributed by atoms with Crippen LogP contribution in [-0.2, 0) is 63.8 Å². The van der Waals surface area contributed by atoms with Gasteiger partial charge in [-0.15, -0.1) is 0 Å². The van der Waals surface area contributed by atoms with Crippen molar-refractivity contribution in [1.82, 2.24) is 29.8 Å². The molecule has 2 fully saturated rings. The Morgan fingerprint density at radius 2 is 1.46 bits per heavy atom. The number of hydrogen-bond donors (Lipinski definition) is 2. The van der Waals surface area contributed by atoms with Crippen molar-refractivity contribution in [3.05, 3.63) is 102 Å². The first kappa shape index (κ1) is 65.3. The van der Waals surface area contributed by atoms with Crippen LogP contribution in [0, 0.1) is 5.41 Å². The molecule has 6 rings (SSSR count). The minimum Gasteiger partial charge on any atom is -0.493 e. The van der Waals surface area contributed by atoms with Gasteiger partial charge in [-0.3, -0.25) is 33.6 Å². The lowest BCUT2D eigenvalue weighted by atomic mass is 9.87. The molecule has 0 aliphatic carbocycles. The number of piperidine rings is 1. The average molecular weight is 1170 g/mol. The molecule has 0 spiro atoms. The van der Waals surface area contributed by atoms with Gasteiger partial charge >= 0.3 is 11.9 Å². The number of nitrogens with one attached hydrogen (secondary N) is 1. The lowest BCUT2D eigenvalue weighted by Crippen LogP contribution is -2.58. The summed E-state index contributed by atoms with van der Waals surface area (Å²) in [6, 6.07) is 14.2. The van der Waals surface area contributed by atoms with Gasteiger partial charge in [0.1, 0.15) is 48.7 Å². The number of cyclic esters (lactones) is 2. The van der Waals surface area contributed by atoms with Crippen molar-refractivity contribution in [3.8, 4) is 17.2 Å². The Balaban J connectivity index is 1.33. The maximum atomic E-state index is 14.9. The van der Waals surface area contributed by atoms with Gasteiger partial charge in [0.05, 0.1) is 37.9 Å². The Morgan fingerprint density at radius 3 is 2.15 bits per heavy atom. The monoisotopic (exact) mass is 1170 g/mol. The van der Waals surface area contributed by atoms with Gasteiger partial charge in [-0.25, -0.2) is 9.59 Å². The van der Waals surface area contributed by atoms with Gasteiger partial charge in [0.2, 0.25) is 29.4 Å². The van der Waals surface area contributed by atoms with E-state index in [1.807, 2.05) is 12.1 Å². The molecule has 0 aromatic heterocycles. The Kier molecular flexibility index (Phi) is 22.6. The fraction of sp³-hybridized carbons (Fsp3) is 0.532. The zero-order valence-electron chi connectivity index (χ0n) is 50.1. The summed E-state index contributed by atoms with van der Waals surface area (Å²) in [5, 5.41) is 13.8. The molecule has 2 unspecified atom stereocenters. The molecule has 2 bridgehead atoms. The molecule has 0 radical (unpaired) electrons. The summed E-state index contributed by atoms with van der Waals surface area (Å²) < 4.78 is 34.9. The van der Waals surface area contributed by atoms with Crippen LogP contribution in [0.15, 0.2) is 84.9 Å².